The molecule has 1 aromatic rings. The molecule has 0 saturated heterocycles. The van der Waals surface area contributed by atoms with Crippen LogP contribution in [0.2, 0.25) is 0 Å². The Kier molecular flexibility index (Phi) is 3.80. The molecule has 0 aliphatic heterocycles. The van der Waals surface area contributed by atoms with E-state index in [9.17, 15) is 19.2 Å². The standard InChI is InChI=1S/C12H12N2O4/c1-5(15)9-10(6(2)16)13-12(8(4)18)14-11(9)7(3)17/h1-4H3. The summed E-state index contributed by atoms with van der Waals surface area (Å²) in [5, 5.41) is 0. The number of ketones is 4. The average Bonchev–Trinajstić information content (AvgIpc) is 2.26. The van der Waals surface area contributed by atoms with Gasteiger partial charge in [-0.1, -0.05) is 0 Å². The van der Waals surface area contributed by atoms with Gasteiger partial charge in [-0.2, -0.15) is 0 Å². The van der Waals surface area contributed by atoms with Crippen LogP contribution < -0.4 is 0 Å². The zero-order valence-electron chi connectivity index (χ0n) is 10.5. The highest BCUT2D eigenvalue weighted by Gasteiger charge is 2.24. The molecule has 0 atom stereocenters. The monoisotopic (exact) mass is 248 g/mol. The molecule has 94 valence electrons. The molecule has 6 nitrogen and oxygen atoms in total. The molecule has 0 saturated carbocycles. The summed E-state index contributed by atoms with van der Waals surface area (Å²) >= 11 is 0. The van der Waals surface area contributed by atoms with Gasteiger partial charge >= 0.3 is 0 Å². The van der Waals surface area contributed by atoms with Crippen LogP contribution in [0.25, 0.3) is 0 Å². The van der Waals surface area contributed by atoms with Gasteiger partial charge in [-0.3, -0.25) is 19.2 Å². The van der Waals surface area contributed by atoms with Crippen molar-refractivity contribution in [3.63, 3.8) is 0 Å². The molecule has 0 aliphatic carbocycles. The van der Waals surface area contributed by atoms with E-state index in [2.05, 4.69) is 9.97 Å². The van der Waals surface area contributed by atoms with Crippen molar-refractivity contribution in [2.24, 2.45) is 0 Å². The van der Waals surface area contributed by atoms with E-state index >= 15 is 0 Å². The van der Waals surface area contributed by atoms with Crippen LogP contribution in [0.1, 0.15) is 69.6 Å². The van der Waals surface area contributed by atoms with E-state index in [0.29, 0.717) is 0 Å². The first-order valence-electron chi connectivity index (χ1n) is 5.21. The number of nitrogens with zero attached hydrogens (tertiary/aromatic N) is 2. The summed E-state index contributed by atoms with van der Waals surface area (Å²) in [5.41, 5.74) is -0.499. The third kappa shape index (κ3) is 2.53. The predicted molar refractivity (Wildman–Crippen MR) is 62.1 cm³/mol. The highest BCUT2D eigenvalue weighted by atomic mass is 16.1. The van der Waals surface area contributed by atoms with Crippen molar-refractivity contribution in [2.45, 2.75) is 27.7 Å². The minimum atomic E-state index is -0.493. The molecule has 0 bridgehead atoms. The molecule has 1 aromatic heterocycles. The topological polar surface area (TPSA) is 94.1 Å². The molecule has 0 aliphatic rings. The molecule has 0 fully saturated rings. The van der Waals surface area contributed by atoms with E-state index in [1.165, 1.54) is 27.7 Å². The number of Topliss-reactive ketones (excluding diaryl/α,β-unsaturated/α-hetero) is 4. The highest BCUT2D eigenvalue weighted by molar-refractivity contribution is 6.13. The SMILES string of the molecule is CC(=O)c1nc(C(C)=O)c(C(C)=O)c(C(C)=O)n1. The third-order valence-electron chi connectivity index (χ3n) is 2.24. The zero-order valence-corrected chi connectivity index (χ0v) is 10.5. The Morgan fingerprint density at radius 2 is 1.06 bits per heavy atom. The summed E-state index contributed by atoms with van der Waals surface area (Å²) in [6, 6.07) is 0. The van der Waals surface area contributed by atoms with Gasteiger partial charge in [-0.05, 0) is 6.92 Å². The van der Waals surface area contributed by atoms with Gasteiger partial charge in [0.1, 0.15) is 11.4 Å². The number of hydrogen-bond acceptors (Lipinski definition) is 6. The Morgan fingerprint density at radius 3 is 1.28 bits per heavy atom. The van der Waals surface area contributed by atoms with Gasteiger partial charge in [0.25, 0.3) is 0 Å². The Hall–Kier alpha value is -2.24. The Balaban J connectivity index is 3.76. The summed E-state index contributed by atoms with van der Waals surface area (Å²) in [4.78, 5) is 53.2. The maximum absolute atomic E-state index is 11.5. The van der Waals surface area contributed by atoms with Gasteiger partial charge in [0.05, 0.1) is 5.56 Å². The second kappa shape index (κ2) is 4.95. The third-order valence-corrected chi connectivity index (χ3v) is 2.24. The first-order valence-corrected chi connectivity index (χ1v) is 5.21. The molecule has 0 amide bonds. The van der Waals surface area contributed by atoms with Crippen LogP contribution in [0.3, 0.4) is 0 Å². The molecule has 0 unspecified atom stereocenters. The van der Waals surface area contributed by atoms with Crippen molar-refractivity contribution < 1.29 is 19.2 Å². The Bertz CT molecular complexity index is 540. The lowest BCUT2D eigenvalue weighted by Gasteiger charge is -2.08. The summed E-state index contributed by atoms with van der Waals surface area (Å²) in [5.74, 6) is -2.19. The normalized spacial score (nSPS) is 10.0. The molecule has 1 heterocycles. The summed E-state index contributed by atoms with van der Waals surface area (Å²) in [6.07, 6.45) is 0. The number of carbonyl (C=O) groups is 4. The highest BCUT2D eigenvalue weighted by Crippen LogP contribution is 2.14. The maximum Gasteiger partial charge on any atom is 0.197 e. The summed E-state index contributed by atoms with van der Waals surface area (Å²) in [6.45, 7) is 4.85. The van der Waals surface area contributed by atoms with Gasteiger partial charge in [-0.25, -0.2) is 9.97 Å². The van der Waals surface area contributed by atoms with Crippen molar-refractivity contribution in [3.8, 4) is 0 Å². The van der Waals surface area contributed by atoms with Gasteiger partial charge in [0.2, 0.25) is 0 Å². The van der Waals surface area contributed by atoms with Crippen LogP contribution >= 0.6 is 0 Å². The molecule has 6 heteroatoms. The largest absolute Gasteiger partial charge is 0.294 e. The molecule has 0 spiro atoms. The van der Waals surface area contributed by atoms with Crippen LogP contribution in [-0.2, 0) is 0 Å². The zero-order chi connectivity index (χ0) is 14.0. The maximum atomic E-state index is 11.5. The van der Waals surface area contributed by atoms with Gasteiger partial charge in [0, 0.05) is 20.8 Å². The van der Waals surface area contributed by atoms with Crippen molar-refractivity contribution in [3.05, 3.63) is 22.8 Å². The number of aromatic nitrogens is 2. The second-order valence-electron chi connectivity index (χ2n) is 3.84. The van der Waals surface area contributed by atoms with Gasteiger partial charge in [-0.15, -0.1) is 0 Å². The first kappa shape index (κ1) is 13.8. The van der Waals surface area contributed by atoms with E-state index in [0.717, 1.165) is 0 Å². The van der Waals surface area contributed by atoms with Crippen LogP contribution in [0.4, 0.5) is 0 Å². The fourth-order valence-electron chi connectivity index (χ4n) is 1.46. The van der Waals surface area contributed by atoms with Crippen LogP contribution in [0, 0.1) is 0 Å². The van der Waals surface area contributed by atoms with Crippen molar-refractivity contribution in [1.29, 1.82) is 0 Å². The van der Waals surface area contributed by atoms with Crippen molar-refractivity contribution >= 4 is 23.1 Å². The van der Waals surface area contributed by atoms with E-state index in [1.54, 1.807) is 0 Å². The first-order chi connectivity index (χ1) is 8.25. The molecule has 0 radical (unpaired) electrons. The fraction of sp³-hybridized carbons (Fsp3) is 0.333. The van der Waals surface area contributed by atoms with Crippen molar-refractivity contribution in [2.75, 3.05) is 0 Å². The molecular weight excluding hydrogens is 236 g/mol. The molecule has 0 N–H and O–H groups in total. The summed E-state index contributed by atoms with van der Waals surface area (Å²) < 4.78 is 0. The van der Waals surface area contributed by atoms with E-state index in [4.69, 9.17) is 0 Å². The number of carbonyl (C=O) groups excluding carboxylic acids is 4. The Labute approximate surface area is 103 Å². The van der Waals surface area contributed by atoms with E-state index < -0.39 is 23.1 Å². The van der Waals surface area contributed by atoms with Crippen LogP contribution in [-0.4, -0.2) is 33.1 Å². The number of rotatable bonds is 4. The van der Waals surface area contributed by atoms with Crippen molar-refractivity contribution in [1.82, 2.24) is 9.97 Å². The van der Waals surface area contributed by atoms with Gasteiger partial charge in [0.15, 0.2) is 29.0 Å². The lowest BCUT2D eigenvalue weighted by molar-refractivity contribution is 0.0957. The molecule has 1 rings (SSSR count). The smallest absolute Gasteiger partial charge is 0.197 e. The van der Waals surface area contributed by atoms with Crippen LogP contribution in [0.5, 0.6) is 0 Å². The molecule has 0 aromatic carbocycles. The molecular formula is C12H12N2O4. The fourth-order valence-corrected chi connectivity index (χ4v) is 1.46. The lowest BCUT2D eigenvalue weighted by atomic mass is 10.0. The lowest BCUT2D eigenvalue weighted by Crippen LogP contribution is -2.19. The number of hydrogen-bond donors (Lipinski definition) is 0. The molecule has 18 heavy (non-hydrogen) atoms. The quantitative estimate of drug-likeness (QED) is 0.745. The second-order valence-corrected chi connectivity index (χ2v) is 3.84. The minimum Gasteiger partial charge on any atom is -0.294 e. The van der Waals surface area contributed by atoms with Gasteiger partial charge < -0.3 is 0 Å². The van der Waals surface area contributed by atoms with E-state index in [1.807, 2.05) is 0 Å². The average molecular weight is 248 g/mol. The predicted octanol–water partition coefficient (Wildman–Crippen LogP) is 1.29. The summed E-state index contributed by atoms with van der Waals surface area (Å²) in [7, 11) is 0. The van der Waals surface area contributed by atoms with Crippen LogP contribution in [0.15, 0.2) is 0 Å². The van der Waals surface area contributed by atoms with E-state index in [-0.39, 0.29) is 22.8 Å². The minimum absolute atomic E-state index is 0.125. The Morgan fingerprint density at radius 1 is 0.667 bits per heavy atom.